The normalized spacial score (nSPS) is 15.5. The van der Waals surface area contributed by atoms with Crippen LogP contribution < -0.4 is 14.5 Å². The van der Waals surface area contributed by atoms with E-state index in [0.29, 0.717) is 34.2 Å². The third-order valence-corrected chi connectivity index (χ3v) is 7.71. The van der Waals surface area contributed by atoms with Gasteiger partial charge in [-0.2, -0.15) is 0 Å². The molecule has 1 aliphatic heterocycles. The Hall–Kier alpha value is -4.63. The molecule has 0 fully saturated rings. The zero-order valence-electron chi connectivity index (χ0n) is 21.5. The first-order valence-corrected chi connectivity index (χ1v) is 13.3. The Morgan fingerprint density at radius 3 is 2.59 bits per heavy atom. The molecule has 5 aromatic rings. The van der Waals surface area contributed by atoms with Crippen molar-refractivity contribution in [2.45, 2.75) is 13.0 Å². The molecule has 8 nitrogen and oxygen atoms in total. The molecule has 1 amide bonds. The predicted octanol–water partition coefficient (Wildman–Crippen LogP) is 6.29. The molecule has 0 bridgehead atoms. The van der Waals surface area contributed by atoms with Crippen molar-refractivity contribution in [2.75, 3.05) is 30.5 Å². The third-order valence-electron chi connectivity index (χ3n) is 6.69. The molecule has 1 aliphatic rings. The van der Waals surface area contributed by atoms with Crippen LogP contribution in [0.1, 0.15) is 29.1 Å². The maximum Gasteiger partial charge on any atom is 0.296 e. The lowest BCUT2D eigenvalue weighted by Crippen LogP contribution is -2.31. The van der Waals surface area contributed by atoms with E-state index in [9.17, 15) is 14.7 Å². The molecule has 0 saturated heterocycles. The number of aromatic nitrogens is 1. The number of carbonyl (C=O) groups is 2. The summed E-state index contributed by atoms with van der Waals surface area (Å²) in [5.74, 6) is -1.11. The van der Waals surface area contributed by atoms with E-state index in [0.717, 1.165) is 15.8 Å². The van der Waals surface area contributed by atoms with Crippen LogP contribution in [-0.4, -0.2) is 42.5 Å². The highest BCUT2D eigenvalue weighted by Crippen LogP contribution is 2.45. The van der Waals surface area contributed by atoms with Gasteiger partial charge in [-0.3, -0.25) is 14.5 Å². The Balaban J connectivity index is 1.48. The first-order valence-electron chi connectivity index (χ1n) is 12.5. The number of aliphatic hydroxyl groups is 1. The number of aliphatic hydroxyl groups excluding tert-OH is 1. The lowest BCUT2D eigenvalue weighted by Gasteiger charge is -2.25. The summed E-state index contributed by atoms with van der Waals surface area (Å²) in [6.45, 7) is 2.43. The molecule has 39 heavy (non-hydrogen) atoms. The smallest absolute Gasteiger partial charge is 0.296 e. The van der Waals surface area contributed by atoms with Crippen molar-refractivity contribution in [3.05, 3.63) is 95.5 Å². The molecule has 1 atom stereocenters. The van der Waals surface area contributed by atoms with Crippen molar-refractivity contribution in [1.29, 1.82) is 0 Å². The van der Waals surface area contributed by atoms with Gasteiger partial charge in [0.1, 0.15) is 11.3 Å². The molecule has 0 radical (unpaired) electrons. The maximum atomic E-state index is 13.9. The van der Waals surface area contributed by atoms with Crippen molar-refractivity contribution < 1.29 is 23.8 Å². The first-order chi connectivity index (χ1) is 18.9. The molecule has 1 N–H and O–H groups in total. The molecule has 196 valence electrons. The molecular formula is C30H25N3O5S. The number of Topliss-reactive ketones (excluding diaryl/α,β-unsaturated/α-hetero) is 1. The van der Waals surface area contributed by atoms with Crippen LogP contribution in [0.2, 0.25) is 0 Å². The minimum Gasteiger partial charge on any atom is -0.503 e. The summed E-state index contributed by atoms with van der Waals surface area (Å²) >= 11 is 1.29. The van der Waals surface area contributed by atoms with Gasteiger partial charge in [0.2, 0.25) is 5.78 Å². The Labute approximate surface area is 228 Å². The van der Waals surface area contributed by atoms with E-state index in [1.54, 1.807) is 12.1 Å². The van der Waals surface area contributed by atoms with Gasteiger partial charge in [-0.15, -0.1) is 0 Å². The van der Waals surface area contributed by atoms with Crippen LogP contribution in [0, 0.1) is 0 Å². The number of rotatable bonds is 7. The van der Waals surface area contributed by atoms with E-state index in [1.165, 1.54) is 16.2 Å². The van der Waals surface area contributed by atoms with Gasteiger partial charge >= 0.3 is 0 Å². The number of ether oxygens (including phenoxy) is 1. The summed E-state index contributed by atoms with van der Waals surface area (Å²) in [5.41, 5.74) is 2.80. The molecule has 6 rings (SSSR count). The fourth-order valence-electron chi connectivity index (χ4n) is 4.78. The number of furan rings is 1. The first kappa shape index (κ1) is 24.7. The number of hydrogen-bond donors (Lipinski definition) is 1. The minimum atomic E-state index is -0.902. The van der Waals surface area contributed by atoms with Gasteiger partial charge in [0, 0.05) is 25.2 Å². The summed E-state index contributed by atoms with van der Waals surface area (Å²) in [5, 5.41) is 12.3. The number of carbonyl (C=O) groups excluding carboxylic acids is 2. The second-order valence-electron chi connectivity index (χ2n) is 9.36. The van der Waals surface area contributed by atoms with Gasteiger partial charge in [-0.1, -0.05) is 41.7 Å². The fourth-order valence-corrected chi connectivity index (χ4v) is 5.80. The van der Waals surface area contributed by atoms with Crippen molar-refractivity contribution in [1.82, 2.24) is 4.98 Å². The van der Waals surface area contributed by atoms with Crippen LogP contribution in [0.3, 0.4) is 0 Å². The third kappa shape index (κ3) is 4.21. The highest BCUT2D eigenvalue weighted by Gasteiger charge is 2.46. The summed E-state index contributed by atoms with van der Waals surface area (Å²) in [4.78, 5) is 35.5. The van der Waals surface area contributed by atoms with Crippen LogP contribution >= 0.6 is 11.3 Å². The average Bonchev–Trinajstić information content (AvgIpc) is 3.62. The van der Waals surface area contributed by atoms with Crippen LogP contribution in [0.4, 0.5) is 10.8 Å². The van der Waals surface area contributed by atoms with Gasteiger partial charge in [0.05, 0.1) is 28.4 Å². The summed E-state index contributed by atoms with van der Waals surface area (Å²) < 4.78 is 12.3. The van der Waals surface area contributed by atoms with Gasteiger partial charge in [0.25, 0.3) is 5.91 Å². The molecule has 0 spiro atoms. The largest absolute Gasteiger partial charge is 0.503 e. The average molecular weight is 540 g/mol. The molecular weight excluding hydrogens is 514 g/mol. The minimum absolute atomic E-state index is 0.0490. The van der Waals surface area contributed by atoms with E-state index in [-0.39, 0.29) is 11.3 Å². The molecule has 0 saturated carbocycles. The van der Waals surface area contributed by atoms with E-state index < -0.39 is 23.5 Å². The van der Waals surface area contributed by atoms with E-state index in [4.69, 9.17) is 14.1 Å². The van der Waals surface area contributed by atoms with Crippen molar-refractivity contribution in [2.24, 2.45) is 0 Å². The van der Waals surface area contributed by atoms with E-state index in [1.807, 2.05) is 86.6 Å². The second kappa shape index (κ2) is 9.59. The SMILES string of the molecule is CCOc1ccc2nc(N3C(=O)C(O)=C(C(=O)c4cc5ccccc5o4)C3c3ccc(N(C)C)cc3)sc2c1. The van der Waals surface area contributed by atoms with Crippen molar-refractivity contribution in [3.63, 3.8) is 0 Å². The topological polar surface area (TPSA) is 96.1 Å². The molecule has 1 unspecified atom stereocenters. The summed E-state index contributed by atoms with van der Waals surface area (Å²) in [7, 11) is 3.86. The standard InChI is InChI=1S/C30H25N3O5S/c1-4-37-20-13-14-21-24(16-20)39-30(31-21)33-26(17-9-11-19(12-10-17)32(2)3)25(28(35)29(33)36)27(34)23-15-18-7-5-6-8-22(18)38-23/h5-16,26,35H,4H2,1-3H3. The molecule has 9 heteroatoms. The number of anilines is 2. The van der Waals surface area contributed by atoms with Gasteiger partial charge < -0.3 is 19.2 Å². The molecule has 3 heterocycles. The molecule has 3 aromatic carbocycles. The van der Waals surface area contributed by atoms with Crippen molar-refractivity contribution >= 4 is 55.0 Å². The zero-order chi connectivity index (χ0) is 27.3. The van der Waals surface area contributed by atoms with E-state index in [2.05, 4.69) is 0 Å². The summed E-state index contributed by atoms with van der Waals surface area (Å²) in [6.07, 6.45) is 0. The Morgan fingerprint density at radius 2 is 1.87 bits per heavy atom. The molecule has 2 aromatic heterocycles. The fraction of sp³-hybridized carbons (Fsp3) is 0.167. The number of ketones is 1. The van der Waals surface area contributed by atoms with Crippen LogP contribution in [-0.2, 0) is 4.79 Å². The lowest BCUT2D eigenvalue weighted by molar-refractivity contribution is -0.117. The van der Waals surface area contributed by atoms with Gasteiger partial charge in [-0.25, -0.2) is 4.98 Å². The summed E-state index contributed by atoms with van der Waals surface area (Å²) in [6, 6.07) is 21.0. The monoisotopic (exact) mass is 539 g/mol. The number of thiazole rings is 1. The van der Waals surface area contributed by atoms with Gasteiger partial charge in [-0.05, 0) is 55.0 Å². The second-order valence-corrected chi connectivity index (χ2v) is 10.4. The highest BCUT2D eigenvalue weighted by atomic mass is 32.1. The number of fused-ring (bicyclic) bond motifs is 2. The lowest BCUT2D eigenvalue weighted by atomic mass is 9.95. The Morgan fingerprint density at radius 1 is 1.10 bits per heavy atom. The Bertz CT molecular complexity index is 1730. The maximum absolute atomic E-state index is 13.9. The number of para-hydroxylation sites is 1. The zero-order valence-corrected chi connectivity index (χ0v) is 22.4. The van der Waals surface area contributed by atoms with Crippen LogP contribution in [0.5, 0.6) is 5.75 Å². The quantitative estimate of drug-likeness (QED) is 0.243. The van der Waals surface area contributed by atoms with Gasteiger partial charge in [0.15, 0.2) is 16.7 Å². The molecule has 0 aliphatic carbocycles. The van der Waals surface area contributed by atoms with Crippen LogP contribution in [0.25, 0.3) is 21.2 Å². The van der Waals surface area contributed by atoms with Crippen molar-refractivity contribution in [3.8, 4) is 5.75 Å². The Kier molecular flexibility index (Phi) is 6.07. The van der Waals surface area contributed by atoms with Crippen LogP contribution in [0.15, 0.2) is 88.5 Å². The predicted molar refractivity (Wildman–Crippen MR) is 152 cm³/mol. The number of amides is 1. The van der Waals surface area contributed by atoms with E-state index >= 15 is 0 Å². The number of benzene rings is 3. The number of nitrogens with zero attached hydrogens (tertiary/aromatic N) is 3. The highest BCUT2D eigenvalue weighted by molar-refractivity contribution is 7.22. The number of hydrogen-bond acceptors (Lipinski definition) is 8.